The Morgan fingerprint density at radius 2 is 1.90 bits per heavy atom. The molecule has 0 unspecified atom stereocenters. The van der Waals surface area contributed by atoms with Crippen LogP contribution in [0.1, 0.15) is 54.0 Å². The Morgan fingerprint density at radius 3 is 2.50 bits per heavy atom. The standard InChI is InChI=1S/C33H35ClN10O10S2.2Na/c34-23-16(1-2-19(45)26(23)49)28(50)36-14-33-3-6-44(7-4-33,8-5-33)11-15-12-55-30-17(29(51)43(30)25(15)27-38-41-42-39-27)9-20(46)24(18-13-56-32(35)37-18)40-54-21(31(52)53)10-22(47)48;;/h1-2,13,17,21,30H,3-12,14H2,(H7-,35,36,37,38,39,40,41,42,45,46,47,48,49,50,52,53);;/q;2*+1/p-1/t17-,21+,30-,33?,44?;;/m1../s1. The Morgan fingerprint density at radius 1 is 1.19 bits per heavy atom. The van der Waals surface area contributed by atoms with E-state index < -0.39 is 64.7 Å². The molecule has 58 heavy (non-hydrogen) atoms. The number of phenolic OH excluding ortho intramolecular Hbond substituents is 2. The zero-order chi connectivity index (χ0) is 39.9. The summed E-state index contributed by atoms with van der Waals surface area (Å²) in [6.07, 6.45) is -0.809. The van der Waals surface area contributed by atoms with Crippen LogP contribution in [0.25, 0.3) is 5.70 Å². The number of Topliss-reactive ketones (excluding diaryl/α,β-unsaturated/α-hetero) is 1. The van der Waals surface area contributed by atoms with Crippen molar-refractivity contribution in [2.45, 2.75) is 43.6 Å². The van der Waals surface area contributed by atoms with Gasteiger partial charge in [-0.3, -0.25) is 34.4 Å². The van der Waals surface area contributed by atoms with E-state index in [2.05, 4.69) is 36.1 Å². The van der Waals surface area contributed by atoms with Crippen molar-refractivity contribution in [1.82, 2.24) is 35.8 Å². The fraction of sp³-hybridized carbons (Fsp3) is 0.455. The van der Waals surface area contributed by atoms with E-state index in [4.69, 9.17) is 27.3 Å². The number of quaternary nitrogens is 1. The number of nitrogen functional groups attached to an aromatic ring is 1. The van der Waals surface area contributed by atoms with Gasteiger partial charge in [0.15, 0.2) is 34.2 Å². The number of hydrogen-bond acceptors (Lipinski definition) is 17. The predicted molar refractivity (Wildman–Crippen MR) is 195 cm³/mol. The summed E-state index contributed by atoms with van der Waals surface area (Å²) in [6.45, 7) is 3.49. The van der Waals surface area contributed by atoms with Crippen LogP contribution in [0, 0.1) is 11.3 Å². The normalized spacial score (nSPS) is 24.1. The minimum atomic E-state index is -1.99. The molecule has 0 aliphatic carbocycles. The second kappa shape index (κ2) is 18.5. The molecular weight excluding hydrogens is 842 g/mol. The number of nitrogens with two attached hydrogens (primary N) is 1. The number of β-lactam (4-membered cyclic amide) rings is 1. The fourth-order valence-corrected chi connectivity index (χ4v) is 9.89. The maximum absolute atomic E-state index is 13.9. The SMILES string of the molecule is Nc1nc(/C(=N/O[C@@H](CC(=O)O)C(=O)[O-])C(=O)C[C@@H]2C(=O)N3C(c4nnn[n-]4)=C(C[N+]45CCC(CNC(=O)c6ccc(O)c(O)c6Cl)(CC4)CC5)CS[C@H]23)cs1.[Na+].[Na+]. The minimum Gasteiger partial charge on any atom is -0.546 e. The molecule has 6 N–H and O–H groups in total. The molecule has 0 saturated carbocycles. The third-order valence-electron chi connectivity index (χ3n) is 10.9. The zero-order valence-corrected chi connectivity index (χ0v) is 37.7. The number of benzene rings is 1. The number of carbonyl (C=O) groups excluding carboxylic acids is 4. The number of fused-ring (bicyclic) bond motifs is 4. The topological polar surface area (TPSA) is 298 Å². The number of piperidine rings is 3. The third kappa shape index (κ3) is 9.20. The molecule has 7 heterocycles. The number of nitrogens with zero attached hydrogens (tertiary/aromatic N) is 8. The number of aromatic hydroxyl groups is 2. The number of amides is 2. The molecule has 2 aromatic heterocycles. The van der Waals surface area contributed by atoms with Crippen molar-refractivity contribution in [3.8, 4) is 11.5 Å². The van der Waals surface area contributed by atoms with Crippen molar-refractivity contribution in [3.63, 3.8) is 0 Å². The number of carboxylic acids is 2. The monoisotopic (exact) mass is 875 g/mol. The summed E-state index contributed by atoms with van der Waals surface area (Å²) in [5.41, 5.74) is 6.68. The summed E-state index contributed by atoms with van der Waals surface area (Å²) in [7, 11) is 0. The van der Waals surface area contributed by atoms with Gasteiger partial charge in [0, 0.05) is 54.3 Å². The summed E-state index contributed by atoms with van der Waals surface area (Å²) in [5, 5.41) is 63.0. The number of aromatic nitrogens is 5. The van der Waals surface area contributed by atoms with Crippen LogP contribution in [0.5, 0.6) is 11.5 Å². The molecule has 5 aliphatic rings. The van der Waals surface area contributed by atoms with E-state index in [-0.39, 0.29) is 104 Å². The zero-order valence-electron chi connectivity index (χ0n) is 31.3. The van der Waals surface area contributed by atoms with Crippen molar-refractivity contribution < 1.29 is 113 Å². The first-order chi connectivity index (χ1) is 26.7. The smallest absolute Gasteiger partial charge is 0.546 e. The van der Waals surface area contributed by atoms with E-state index in [9.17, 15) is 39.3 Å². The molecule has 3 atom stereocenters. The summed E-state index contributed by atoms with van der Waals surface area (Å²) in [4.78, 5) is 73.7. The van der Waals surface area contributed by atoms with Crippen LogP contribution in [0.3, 0.4) is 0 Å². The second-order valence-electron chi connectivity index (χ2n) is 14.2. The van der Waals surface area contributed by atoms with E-state index in [0.717, 1.165) is 60.3 Å². The number of nitrogens with one attached hydrogen (secondary N) is 1. The predicted octanol–water partition coefficient (Wildman–Crippen LogP) is -6.41. The van der Waals surface area contributed by atoms with E-state index >= 15 is 0 Å². The van der Waals surface area contributed by atoms with Crippen LogP contribution < -0.4 is 80.4 Å². The van der Waals surface area contributed by atoms with Gasteiger partial charge in [0.05, 0.1) is 65.4 Å². The third-order valence-corrected chi connectivity index (χ3v) is 13.3. The molecule has 296 valence electrons. The van der Waals surface area contributed by atoms with Crippen LogP contribution in [0.4, 0.5) is 5.13 Å². The number of thiazole rings is 1. The van der Waals surface area contributed by atoms with Crippen LogP contribution in [-0.2, 0) is 24.0 Å². The quantitative estimate of drug-likeness (QED) is 0.0237. The van der Waals surface area contributed by atoms with Crippen molar-refractivity contribution in [3.05, 3.63) is 45.2 Å². The number of oxime groups is 1. The molecule has 8 rings (SSSR count). The first-order valence-electron chi connectivity index (χ1n) is 17.3. The maximum Gasteiger partial charge on any atom is 1.00 e. The van der Waals surface area contributed by atoms with Crippen molar-refractivity contribution in [2.24, 2.45) is 16.5 Å². The number of carboxylic acid groups (broad SMARTS) is 2. The van der Waals surface area contributed by atoms with E-state index in [0.29, 0.717) is 24.5 Å². The molecule has 2 amide bonds. The van der Waals surface area contributed by atoms with E-state index in [1.54, 1.807) is 4.90 Å². The molecular formula is C33H34ClN10Na2O10S2+. The first kappa shape index (κ1) is 45.8. The van der Waals surface area contributed by atoms with Gasteiger partial charge < -0.3 is 50.7 Å². The molecule has 4 fully saturated rings. The summed E-state index contributed by atoms with van der Waals surface area (Å²) in [5.74, 6) is -5.94. The summed E-state index contributed by atoms with van der Waals surface area (Å²) < 4.78 is 0.758. The van der Waals surface area contributed by atoms with Crippen LogP contribution >= 0.6 is 34.7 Å². The van der Waals surface area contributed by atoms with Gasteiger partial charge >= 0.3 is 65.1 Å². The number of hydrogen-bond donors (Lipinski definition) is 5. The molecule has 3 aromatic rings. The van der Waals surface area contributed by atoms with Gasteiger partial charge in [-0.15, -0.1) is 23.1 Å². The number of tetrazole rings is 1. The van der Waals surface area contributed by atoms with E-state index in [1.165, 1.54) is 29.3 Å². The van der Waals surface area contributed by atoms with E-state index in [1.807, 2.05) is 0 Å². The van der Waals surface area contributed by atoms with Gasteiger partial charge in [0.1, 0.15) is 12.2 Å². The Kier molecular flexibility index (Phi) is 14.6. The van der Waals surface area contributed by atoms with Gasteiger partial charge in [-0.1, -0.05) is 16.8 Å². The Labute approximate surface area is 387 Å². The summed E-state index contributed by atoms with van der Waals surface area (Å²) in [6, 6.07) is 2.57. The second-order valence-corrected chi connectivity index (χ2v) is 16.6. The number of halogens is 1. The number of phenols is 2. The largest absolute Gasteiger partial charge is 1.00 e. The van der Waals surface area contributed by atoms with Crippen LogP contribution in [0.15, 0.2) is 28.2 Å². The molecule has 25 heteroatoms. The number of ketones is 1. The minimum absolute atomic E-state index is 0. The summed E-state index contributed by atoms with van der Waals surface area (Å²) >= 11 is 8.57. The maximum atomic E-state index is 13.9. The molecule has 4 saturated heterocycles. The van der Waals surface area contributed by atoms with Gasteiger partial charge in [-0.2, -0.15) is 5.21 Å². The number of rotatable bonds is 15. The number of aliphatic carboxylic acids is 2. The average molecular weight is 876 g/mol. The van der Waals surface area contributed by atoms with Gasteiger partial charge in [-0.25, -0.2) is 4.98 Å². The van der Waals surface area contributed by atoms with Gasteiger partial charge in [0.25, 0.3) is 5.91 Å². The van der Waals surface area contributed by atoms with Crippen LogP contribution in [-0.4, -0.2) is 130 Å². The molecule has 0 spiro atoms. The molecule has 20 nitrogen and oxygen atoms in total. The molecule has 5 aliphatic heterocycles. The van der Waals surface area contributed by atoms with Crippen LogP contribution in [0.2, 0.25) is 5.02 Å². The number of thioether (sulfide) groups is 1. The molecule has 1 aromatic carbocycles. The number of anilines is 1. The Bertz CT molecular complexity index is 2150. The average Bonchev–Trinajstić information content (AvgIpc) is 3.87. The Hall–Kier alpha value is -3.32. The van der Waals surface area contributed by atoms with Crippen molar-refractivity contribution in [1.29, 1.82) is 0 Å². The van der Waals surface area contributed by atoms with Crippen molar-refractivity contribution >= 4 is 80.8 Å². The van der Waals surface area contributed by atoms with Gasteiger partial charge in [0.2, 0.25) is 5.91 Å². The first-order valence-corrected chi connectivity index (χ1v) is 19.6. The Balaban J connectivity index is 0.00000320. The molecule has 2 bridgehead atoms. The number of carbonyl (C=O) groups is 5. The van der Waals surface area contributed by atoms with Crippen molar-refractivity contribution in [2.75, 3.05) is 44.2 Å². The molecule has 0 radical (unpaired) electrons. The fourth-order valence-electron chi connectivity index (χ4n) is 7.70. The van der Waals surface area contributed by atoms with Gasteiger partial charge in [-0.05, 0) is 12.1 Å².